The number of rotatable bonds is 3. The predicted molar refractivity (Wildman–Crippen MR) is 54.3 cm³/mol. The van der Waals surface area contributed by atoms with Crippen molar-refractivity contribution in [2.75, 3.05) is 6.54 Å². The Balaban J connectivity index is 2.34. The van der Waals surface area contributed by atoms with E-state index in [-0.39, 0.29) is 11.8 Å². The zero-order valence-corrected chi connectivity index (χ0v) is 8.60. The lowest BCUT2D eigenvalue weighted by molar-refractivity contribution is -0.125. The summed E-state index contributed by atoms with van der Waals surface area (Å²) >= 11 is 0. The summed E-state index contributed by atoms with van der Waals surface area (Å²) in [6.45, 7) is 8.48. The van der Waals surface area contributed by atoms with Crippen LogP contribution in [0.3, 0.4) is 0 Å². The molecule has 1 rings (SSSR count). The third-order valence-electron chi connectivity index (χ3n) is 2.76. The van der Waals surface area contributed by atoms with Gasteiger partial charge in [-0.3, -0.25) is 4.79 Å². The summed E-state index contributed by atoms with van der Waals surface area (Å²) in [4.78, 5) is 11.6. The highest BCUT2D eigenvalue weighted by atomic mass is 16.1. The monoisotopic (exact) mass is 181 g/mol. The summed E-state index contributed by atoms with van der Waals surface area (Å²) in [6.07, 6.45) is 3.46. The number of hydrogen-bond donors (Lipinski definition) is 1. The average molecular weight is 181 g/mol. The Morgan fingerprint density at radius 3 is 2.69 bits per heavy atom. The van der Waals surface area contributed by atoms with E-state index in [4.69, 9.17) is 0 Å². The van der Waals surface area contributed by atoms with Crippen LogP contribution in [0.25, 0.3) is 0 Å². The fourth-order valence-corrected chi connectivity index (χ4v) is 1.90. The van der Waals surface area contributed by atoms with Crippen LogP contribution in [-0.2, 0) is 4.79 Å². The molecule has 1 saturated carbocycles. The van der Waals surface area contributed by atoms with Gasteiger partial charge in [-0.25, -0.2) is 0 Å². The Kier molecular flexibility index (Phi) is 3.52. The molecule has 0 aromatic heterocycles. The first kappa shape index (κ1) is 10.3. The van der Waals surface area contributed by atoms with Gasteiger partial charge in [0.25, 0.3) is 0 Å². The van der Waals surface area contributed by atoms with Crippen LogP contribution in [0.4, 0.5) is 0 Å². The molecular formula is C11H19NO. The third kappa shape index (κ3) is 2.87. The molecular weight excluding hydrogens is 162 g/mol. The van der Waals surface area contributed by atoms with Gasteiger partial charge in [0.05, 0.1) is 0 Å². The van der Waals surface area contributed by atoms with Crippen LogP contribution in [0, 0.1) is 11.8 Å². The molecule has 0 bridgehead atoms. The van der Waals surface area contributed by atoms with E-state index in [0.717, 1.165) is 12.0 Å². The van der Waals surface area contributed by atoms with Gasteiger partial charge < -0.3 is 5.32 Å². The van der Waals surface area contributed by atoms with Crippen LogP contribution >= 0.6 is 0 Å². The summed E-state index contributed by atoms with van der Waals surface area (Å²) < 4.78 is 0. The molecule has 74 valence electrons. The minimum Gasteiger partial charge on any atom is -0.352 e. The fraction of sp³-hybridized carbons (Fsp3) is 0.727. The molecule has 0 aromatic carbocycles. The molecule has 0 saturated heterocycles. The second kappa shape index (κ2) is 4.45. The van der Waals surface area contributed by atoms with Crippen molar-refractivity contribution in [3.63, 3.8) is 0 Å². The first-order valence-electron chi connectivity index (χ1n) is 5.03. The van der Waals surface area contributed by atoms with Crippen LogP contribution in [0.2, 0.25) is 0 Å². The third-order valence-corrected chi connectivity index (χ3v) is 2.76. The second-order valence-corrected chi connectivity index (χ2v) is 4.19. The zero-order valence-electron chi connectivity index (χ0n) is 8.60. The van der Waals surface area contributed by atoms with Crippen LogP contribution in [0.5, 0.6) is 0 Å². The molecule has 1 aliphatic rings. The van der Waals surface area contributed by atoms with Crippen molar-refractivity contribution in [3.8, 4) is 0 Å². The SMILES string of the molecule is C=C(C)CNC(=O)C1CCCC1C. The van der Waals surface area contributed by atoms with Gasteiger partial charge in [0.15, 0.2) is 0 Å². The Hall–Kier alpha value is -0.790. The van der Waals surface area contributed by atoms with Crippen molar-refractivity contribution < 1.29 is 4.79 Å². The summed E-state index contributed by atoms with van der Waals surface area (Å²) in [5.41, 5.74) is 1.01. The minimum atomic E-state index is 0.216. The Labute approximate surface area is 80.4 Å². The molecule has 0 aromatic rings. The summed E-state index contributed by atoms with van der Waals surface area (Å²) in [5, 5.41) is 2.92. The van der Waals surface area contributed by atoms with Crippen molar-refractivity contribution in [1.29, 1.82) is 0 Å². The van der Waals surface area contributed by atoms with Crippen molar-refractivity contribution in [3.05, 3.63) is 12.2 Å². The molecule has 2 heteroatoms. The second-order valence-electron chi connectivity index (χ2n) is 4.19. The number of carbonyl (C=O) groups is 1. The number of amides is 1. The molecule has 0 radical (unpaired) electrons. The summed E-state index contributed by atoms with van der Waals surface area (Å²) in [6, 6.07) is 0. The van der Waals surface area contributed by atoms with Gasteiger partial charge in [-0.05, 0) is 25.7 Å². The molecule has 13 heavy (non-hydrogen) atoms. The lowest BCUT2D eigenvalue weighted by Crippen LogP contribution is -2.32. The fourth-order valence-electron chi connectivity index (χ4n) is 1.90. The first-order valence-corrected chi connectivity index (χ1v) is 5.03. The molecule has 1 N–H and O–H groups in total. The summed E-state index contributed by atoms with van der Waals surface area (Å²) in [7, 11) is 0. The van der Waals surface area contributed by atoms with Crippen molar-refractivity contribution in [2.24, 2.45) is 11.8 Å². The lowest BCUT2D eigenvalue weighted by Gasteiger charge is -2.14. The highest BCUT2D eigenvalue weighted by Crippen LogP contribution is 2.30. The van der Waals surface area contributed by atoms with Crippen LogP contribution in [0.15, 0.2) is 12.2 Å². The molecule has 1 aliphatic carbocycles. The molecule has 2 nitrogen and oxygen atoms in total. The number of nitrogens with one attached hydrogen (secondary N) is 1. The van der Waals surface area contributed by atoms with E-state index in [1.54, 1.807) is 0 Å². The van der Waals surface area contributed by atoms with Crippen molar-refractivity contribution >= 4 is 5.91 Å². The largest absolute Gasteiger partial charge is 0.352 e. The number of carbonyl (C=O) groups excluding carboxylic acids is 1. The van der Waals surface area contributed by atoms with Gasteiger partial charge in [-0.2, -0.15) is 0 Å². The topological polar surface area (TPSA) is 29.1 Å². The minimum absolute atomic E-state index is 0.216. The highest BCUT2D eigenvalue weighted by molar-refractivity contribution is 5.79. The van der Waals surface area contributed by atoms with Gasteiger partial charge in [0.1, 0.15) is 0 Å². The summed E-state index contributed by atoms with van der Waals surface area (Å²) in [5.74, 6) is 1.03. The highest BCUT2D eigenvalue weighted by Gasteiger charge is 2.29. The van der Waals surface area contributed by atoms with Crippen LogP contribution in [-0.4, -0.2) is 12.5 Å². The van der Waals surface area contributed by atoms with Gasteiger partial charge in [-0.1, -0.05) is 25.5 Å². The van der Waals surface area contributed by atoms with E-state index >= 15 is 0 Å². The average Bonchev–Trinajstić information content (AvgIpc) is 2.47. The normalized spacial score (nSPS) is 27.2. The zero-order chi connectivity index (χ0) is 9.84. The molecule has 0 heterocycles. The van der Waals surface area contributed by atoms with Crippen LogP contribution in [0.1, 0.15) is 33.1 Å². The maximum Gasteiger partial charge on any atom is 0.223 e. The Morgan fingerprint density at radius 1 is 1.54 bits per heavy atom. The number of hydrogen-bond acceptors (Lipinski definition) is 1. The van der Waals surface area contributed by atoms with E-state index in [0.29, 0.717) is 12.5 Å². The van der Waals surface area contributed by atoms with Gasteiger partial charge in [-0.15, -0.1) is 0 Å². The maximum atomic E-state index is 11.6. The smallest absolute Gasteiger partial charge is 0.223 e. The van der Waals surface area contributed by atoms with E-state index in [1.165, 1.54) is 12.8 Å². The maximum absolute atomic E-state index is 11.6. The van der Waals surface area contributed by atoms with Gasteiger partial charge in [0.2, 0.25) is 5.91 Å². The molecule has 1 amide bonds. The standard InChI is InChI=1S/C11H19NO/c1-8(2)7-12-11(13)10-6-4-5-9(10)3/h9-10H,1,4-7H2,2-3H3,(H,12,13). The Morgan fingerprint density at radius 2 is 2.23 bits per heavy atom. The molecule has 2 unspecified atom stereocenters. The van der Waals surface area contributed by atoms with Crippen LogP contribution < -0.4 is 5.32 Å². The quantitative estimate of drug-likeness (QED) is 0.664. The van der Waals surface area contributed by atoms with E-state index in [1.807, 2.05) is 6.92 Å². The molecule has 2 atom stereocenters. The molecule has 1 fully saturated rings. The van der Waals surface area contributed by atoms with E-state index in [2.05, 4.69) is 18.8 Å². The van der Waals surface area contributed by atoms with E-state index < -0.39 is 0 Å². The van der Waals surface area contributed by atoms with Gasteiger partial charge in [0, 0.05) is 12.5 Å². The van der Waals surface area contributed by atoms with Crippen molar-refractivity contribution in [2.45, 2.75) is 33.1 Å². The van der Waals surface area contributed by atoms with E-state index in [9.17, 15) is 4.79 Å². The molecule has 0 aliphatic heterocycles. The van der Waals surface area contributed by atoms with Gasteiger partial charge >= 0.3 is 0 Å². The predicted octanol–water partition coefficient (Wildman–Crippen LogP) is 2.11. The molecule has 0 spiro atoms. The first-order chi connectivity index (χ1) is 6.11. The van der Waals surface area contributed by atoms with Crippen molar-refractivity contribution in [1.82, 2.24) is 5.32 Å². The Bertz CT molecular complexity index is 210. The lowest BCUT2D eigenvalue weighted by atomic mass is 9.97.